The highest BCUT2D eigenvalue weighted by molar-refractivity contribution is 5.92. The van der Waals surface area contributed by atoms with Gasteiger partial charge in [-0.3, -0.25) is 4.79 Å². The Morgan fingerprint density at radius 1 is 1.25 bits per heavy atom. The van der Waals surface area contributed by atoms with Gasteiger partial charge in [0.25, 0.3) is 5.91 Å². The van der Waals surface area contributed by atoms with Gasteiger partial charge in [0.15, 0.2) is 11.5 Å². The molecular weight excluding hydrogens is 262 g/mol. The molecule has 7 heteroatoms. The number of amides is 1. The van der Waals surface area contributed by atoms with Crippen LogP contribution < -0.4 is 15.2 Å². The highest BCUT2D eigenvalue weighted by atomic mass is 16.5. The van der Waals surface area contributed by atoms with Crippen molar-refractivity contribution in [1.29, 1.82) is 0 Å². The quantitative estimate of drug-likeness (QED) is 0.783. The molecular formula is C13H15N3O4. The number of rotatable bonds is 6. The van der Waals surface area contributed by atoms with Crippen molar-refractivity contribution >= 4 is 16.8 Å². The zero-order chi connectivity index (χ0) is 14.5. The van der Waals surface area contributed by atoms with E-state index in [0.29, 0.717) is 30.2 Å². The third kappa shape index (κ3) is 2.94. The SMILES string of the molecule is COCCOc1cc2cnc(C(N)=O)nc2cc1OC. The zero-order valence-electron chi connectivity index (χ0n) is 11.3. The van der Waals surface area contributed by atoms with Crippen molar-refractivity contribution in [3.05, 3.63) is 24.2 Å². The molecule has 0 fully saturated rings. The van der Waals surface area contributed by atoms with E-state index in [1.807, 2.05) is 0 Å². The van der Waals surface area contributed by atoms with Crippen LogP contribution in [-0.4, -0.2) is 43.3 Å². The Morgan fingerprint density at radius 3 is 2.70 bits per heavy atom. The number of nitrogens with two attached hydrogens (primary N) is 1. The number of fused-ring (bicyclic) bond motifs is 1. The van der Waals surface area contributed by atoms with Crippen LogP contribution in [0.2, 0.25) is 0 Å². The van der Waals surface area contributed by atoms with Gasteiger partial charge >= 0.3 is 0 Å². The smallest absolute Gasteiger partial charge is 0.286 e. The van der Waals surface area contributed by atoms with E-state index in [4.69, 9.17) is 19.9 Å². The number of primary amides is 1. The van der Waals surface area contributed by atoms with Crippen molar-refractivity contribution < 1.29 is 19.0 Å². The first-order chi connectivity index (χ1) is 9.65. The summed E-state index contributed by atoms with van der Waals surface area (Å²) in [7, 11) is 3.13. The van der Waals surface area contributed by atoms with Crippen LogP contribution in [-0.2, 0) is 4.74 Å². The highest BCUT2D eigenvalue weighted by Gasteiger charge is 2.11. The normalized spacial score (nSPS) is 10.5. The van der Waals surface area contributed by atoms with E-state index in [0.717, 1.165) is 5.39 Å². The van der Waals surface area contributed by atoms with Gasteiger partial charge < -0.3 is 19.9 Å². The van der Waals surface area contributed by atoms with E-state index in [-0.39, 0.29) is 5.82 Å². The highest BCUT2D eigenvalue weighted by Crippen LogP contribution is 2.31. The Bertz CT molecular complexity index is 630. The average Bonchev–Trinajstić information content (AvgIpc) is 2.46. The monoisotopic (exact) mass is 277 g/mol. The molecule has 0 saturated carbocycles. The third-order valence-corrected chi connectivity index (χ3v) is 2.63. The number of hydrogen-bond donors (Lipinski definition) is 1. The van der Waals surface area contributed by atoms with Gasteiger partial charge in [0.1, 0.15) is 6.61 Å². The maximum absolute atomic E-state index is 11.1. The first-order valence-corrected chi connectivity index (χ1v) is 5.92. The lowest BCUT2D eigenvalue weighted by Gasteiger charge is -2.11. The van der Waals surface area contributed by atoms with E-state index < -0.39 is 5.91 Å². The molecule has 2 aromatic rings. The molecule has 0 aliphatic rings. The summed E-state index contributed by atoms with van der Waals surface area (Å²) in [4.78, 5) is 19.0. The maximum atomic E-state index is 11.1. The molecule has 0 atom stereocenters. The lowest BCUT2D eigenvalue weighted by atomic mass is 10.2. The Labute approximate surface area is 115 Å². The van der Waals surface area contributed by atoms with Crippen LogP contribution in [0.25, 0.3) is 10.9 Å². The number of aromatic nitrogens is 2. The van der Waals surface area contributed by atoms with Crippen molar-refractivity contribution in [3.8, 4) is 11.5 Å². The fourth-order valence-corrected chi connectivity index (χ4v) is 1.66. The van der Waals surface area contributed by atoms with Gasteiger partial charge in [-0.2, -0.15) is 0 Å². The second-order valence-electron chi connectivity index (χ2n) is 3.96. The summed E-state index contributed by atoms with van der Waals surface area (Å²) >= 11 is 0. The summed E-state index contributed by atoms with van der Waals surface area (Å²) in [6.45, 7) is 0.872. The summed E-state index contributed by atoms with van der Waals surface area (Å²) < 4.78 is 15.7. The number of hydrogen-bond acceptors (Lipinski definition) is 6. The van der Waals surface area contributed by atoms with E-state index in [1.54, 1.807) is 19.2 Å². The van der Waals surface area contributed by atoms with Gasteiger partial charge in [-0.05, 0) is 6.07 Å². The maximum Gasteiger partial charge on any atom is 0.286 e. The summed E-state index contributed by atoms with van der Waals surface area (Å²) in [6.07, 6.45) is 1.52. The fraction of sp³-hybridized carbons (Fsp3) is 0.308. The van der Waals surface area contributed by atoms with Crippen LogP contribution in [0.5, 0.6) is 11.5 Å². The number of carbonyl (C=O) groups excluding carboxylic acids is 1. The first kappa shape index (κ1) is 14.0. The summed E-state index contributed by atoms with van der Waals surface area (Å²) in [5, 5.41) is 0.725. The van der Waals surface area contributed by atoms with Crippen molar-refractivity contribution in [3.63, 3.8) is 0 Å². The van der Waals surface area contributed by atoms with Gasteiger partial charge in [0.05, 0.1) is 19.2 Å². The van der Waals surface area contributed by atoms with Crippen molar-refractivity contribution in [2.75, 3.05) is 27.4 Å². The lowest BCUT2D eigenvalue weighted by Crippen LogP contribution is -2.15. The van der Waals surface area contributed by atoms with E-state index >= 15 is 0 Å². The summed E-state index contributed by atoms with van der Waals surface area (Å²) in [5.41, 5.74) is 5.71. The predicted molar refractivity (Wildman–Crippen MR) is 72.0 cm³/mol. The molecule has 1 heterocycles. The average molecular weight is 277 g/mol. The number of methoxy groups -OCH3 is 2. The van der Waals surface area contributed by atoms with Gasteiger partial charge in [0, 0.05) is 24.8 Å². The lowest BCUT2D eigenvalue weighted by molar-refractivity contribution is 0.0991. The van der Waals surface area contributed by atoms with E-state index in [1.165, 1.54) is 13.3 Å². The second kappa shape index (κ2) is 6.16. The molecule has 1 aromatic carbocycles. The molecule has 1 amide bonds. The Hall–Kier alpha value is -2.41. The van der Waals surface area contributed by atoms with Crippen molar-refractivity contribution in [2.45, 2.75) is 0 Å². The zero-order valence-corrected chi connectivity index (χ0v) is 11.3. The topological polar surface area (TPSA) is 96.6 Å². The van der Waals surface area contributed by atoms with E-state index in [2.05, 4.69) is 9.97 Å². The third-order valence-electron chi connectivity index (χ3n) is 2.63. The summed E-state index contributed by atoms with van der Waals surface area (Å²) in [6, 6.07) is 3.42. The number of nitrogens with zero attached hydrogens (tertiary/aromatic N) is 2. The molecule has 0 aliphatic carbocycles. The number of ether oxygens (including phenoxy) is 3. The molecule has 0 saturated heterocycles. The van der Waals surface area contributed by atoms with E-state index in [9.17, 15) is 4.79 Å². The molecule has 0 unspecified atom stereocenters. The molecule has 0 aliphatic heterocycles. The minimum atomic E-state index is -0.675. The van der Waals surface area contributed by atoms with Crippen LogP contribution in [0.15, 0.2) is 18.3 Å². The molecule has 0 radical (unpaired) electrons. The van der Waals surface area contributed by atoms with Crippen LogP contribution in [0.4, 0.5) is 0 Å². The second-order valence-corrected chi connectivity index (χ2v) is 3.96. The molecule has 0 spiro atoms. The molecule has 2 N–H and O–H groups in total. The first-order valence-electron chi connectivity index (χ1n) is 5.92. The largest absolute Gasteiger partial charge is 0.493 e. The van der Waals surface area contributed by atoms with Gasteiger partial charge in [-0.25, -0.2) is 9.97 Å². The van der Waals surface area contributed by atoms with Gasteiger partial charge in [0.2, 0.25) is 5.82 Å². The molecule has 2 rings (SSSR count). The number of carbonyl (C=O) groups is 1. The summed E-state index contributed by atoms with van der Waals surface area (Å²) in [5.74, 6) is 0.370. The Balaban J connectivity index is 2.40. The fourth-order valence-electron chi connectivity index (χ4n) is 1.66. The van der Waals surface area contributed by atoms with Crippen molar-refractivity contribution in [1.82, 2.24) is 9.97 Å². The van der Waals surface area contributed by atoms with Crippen LogP contribution >= 0.6 is 0 Å². The Kier molecular flexibility index (Phi) is 4.31. The number of benzene rings is 1. The molecule has 20 heavy (non-hydrogen) atoms. The van der Waals surface area contributed by atoms with Crippen molar-refractivity contribution in [2.24, 2.45) is 5.73 Å². The van der Waals surface area contributed by atoms with Gasteiger partial charge in [-0.1, -0.05) is 0 Å². The standard InChI is InChI=1S/C13H15N3O4/c1-18-3-4-20-11-5-8-7-15-13(12(14)17)16-9(8)6-10(11)19-2/h5-7H,3-4H2,1-2H3,(H2,14,17). The minimum absolute atomic E-state index is 0.0346. The molecule has 0 bridgehead atoms. The predicted octanol–water partition coefficient (Wildman–Crippen LogP) is 0.762. The van der Waals surface area contributed by atoms with Crippen LogP contribution in [0, 0.1) is 0 Å². The Morgan fingerprint density at radius 2 is 2.05 bits per heavy atom. The molecule has 7 nitrogen and oxygen atoms in total. The molecule has 1 aromatic heterocycles. The molecule has 106 valence electrons. The van der Waals surface area contributed by atoms with Gasteiger partial charge in [-0.15, -0.1) is 0 Å². The van der Waals surface area contributed by atoms with Crippen LogP contribution in [0.3, 0.4) is 0 Å². The van der Waals surface area contributed by atoms with Crippen LogP contribution in [0.1, 0.15) is 10.6 Å². The minimum Gasteiger partial charge on any atom is -0.493 e.